The summed E-state index contributed by atoms with van der Waals surface area (Å²) in [6.07, 6.45) is 2.71. The lowest BCUT2D eigenvalue weighted by molar-refractivity contribution is 0.602. The Morgan fingerprint density at radius 1 is 1.13 bits per heavy atom. The molecule has 0 fully saturated rings. The van der Waals surface area contributed by atoms with E-state index in [4.69, 9.17) is 11.6 Å². The lowest BCUT2D eigenvalue weighted by atomic mass is 10.1. The fourth-order valence-electron chi connectivity index (χ4n) is 1.95. The number of hydrogen-bond acceptors (Lipinski definition) is 6. The molecule has 7 nitrogen and oxygen atoms in total. The van der Waals surface area contributed by atoms with E-state index in [0.29, 0.717) is 11.6 Å². The second-order valence-corrected chi connectivity index (χ2v) is 7.15. The first-order valence-electron chi connectivity index (χ1n) is 6.53. The predicted molar refractivity (Wildman–Crippen MR) is 87.5 cm³/mol. The van der Waals surface area contributed by atoms with E-state index >= 15 is 0 Å². The Kier molecular flexibility index (Phi) is 4.01. The summed E-state index contributed by atoms with van der Waals surface area (Å²) >= 11 is 5.72. The van der Waals surface area contributed by atoms with Gasteiger partial charge in [-0.15, -0.1) is 0 Å². The number of benzene rings is 1. The highest BCUT2D eigenvalue weighted by atomic mass is 35.5. The molecule has 0 unspecified atom stereocenters. The van der Waals surface area contributed by atoms with Crippen LogP contribution in [-0.4, -0.2) is 34.8 Å². The number of aromatic nitrogens is 4. The molecule has 23 heavy (non-hydrogen) atoms. The van der Waals surface area contributed by atoms with Crippen molar-refractivity contribution in [3.63, 3.8) is 0 Å². The lowest BCUT2D eigenvalue weighted by Crippen LogP contribution is -1.96. The third-order valence-corrected chi connectivity index (χ3v) is 4.36. The Hall–Kier alpha value is -2.45. The van der Waals surface area contributed by atoms with Gasteiger partial charge in [-0.3, -0.25) is 5.10 Å². The van der Waals surface area contributed by atoms with Crippen molar-refractivity contribution in [3.8, 4) is 11.3 Å². The maximum Gasteiger partial charge on any atom is 0.224 e. The number of sulfone groups is 1. The molecule has 0 amide bonds. The molecule has 118 valence electrons. The van der Waals surface area contributed by atoms with E-state index in [1.807, 2.05) is 0 Å². The van der Waals surface area contributed by atoms with E-state index in [0.717, 1.165) is 11.3 Å². The Morgan fingerprint density at radius 3 is 2.52 bits per heavy atom. The molecule has 2 aromatic heterocycles. The molecule has 0 radical (unpaired) electrons. The SMILES string of the molecule is CS(=O)(=O)c1ccc(-c2cc(Nc3ccnc(Cl)n3)n[nH]2)cc1. The molecule has 0 aliphatic rings. The molecule has 0 atom stereocenters. The van der Waals surface area contributed by atoms with Crippen molar-refractivity contribution in [3.05, 3.63) is 47.9 Å². The van der Waals surface area contributed by atoms with Crippen molar-refractivity contribution in [2.75, 3.05) is 11.6 Å². The van der Waals surface area contributed by atoms with Gasteiger partial charge in [0.05, 0.1) is 10.6 Å². The van der Waals surface area contributed by atoms with Crippen LogP contribution >= 0.6 is 11.6 Å². The zero-order valence-electron chi connectivity index (χ0n) is 12.0. The van der Waals surface area contributed by atoms with Crippen molar-refractivity contribution >= 4 is 33.1 Å². The monoisotopic (exact) mass is 349 g/mol. The maximum absolute atomic E-state index is 11.5. The van der Waals surface area contributed by atoms with Gasteiger partial charge in [0, 0.05) is 18.5 Å². The first-order valence-corrected chi connectivity index (χ1v) is 8.80. The van der Waals surface area contributed by atoms with Crippen LogP contribution in [0.15, 0.2) is 47.5 Å². The summed E-state index contributed by atoms with van der Waals surface area (Å²) in [6, 6.07) is 10.0. The molecule has 3 rings (SSSR count). The van der Waals surface area contributed by atoms with Gasteiger partial charge in [0.1, 0.15) is 5.82 Å². The standard InChI is InChI=1S/C14H12ClN5O2S/c1-23(21,22)10-4-2-9(3-5-10)11-8-13(20-19-11)17-12-6-7-16-14(15)18-12/h2-8H,1H3,(H2,16,17,18,19,20). The fraction of sp³-hybridized carbons (Fsp3) is 0.0714. The molecule has 2 heterocycles. The number of nitrogens with zero attached hydrogens (tertiary/aromatic N) is 3. The zero-order valence-corrected chi connectivity index (χ0v) is 13.6. The number of H-pyrrole nitrogens is 1. The minimum Gasteiger partial charge on any atom is -0.323 e. The van der Waals surface area contributed by atoms with Crippen molar-refractivity contribution < 1.29 is 8.42 Å². The van der Waals surface area contributed by atoms with Gasteiger partial charge in [0.15, 0.2) is 15.7 Å². The Bertz CT molecular complexity index is 938. The maximum atomic E-state index is 11.5. The Labute approximate surface area is 137 Å². The van der Waals surface area contributed by atoms with Crippen molar-refractivity contribution in [2.24, 2.45) is 0 Å². The Morgan fingerprint density at radius 2 is 1.87 bits per heavy atom. The minimum absolute atomic E-state index is 0.141. The molecule has 0 aliphatic carbocycles. The molecular formula is C14H12ClN5O2S. The molecule has 0 saturated carbocycles. The van der Waals surface area contributed by atoms with Crippen LogP contribution in [0.3, 0.4) is 0 Å². The number of halogens is 1. The van der Waals surface area contributed by atoms with Gasteiger partial charge in [0.2, 0.25) is 5.28 Å². The molecule has 9 heteroatoms. The summed E-state index contributed by atoms with van der Waals surface area (Å²) in [5, 5.41) is 10.1. The number of aromatic amines is 1. The molecule has 2 N–H and O–H groups in total. The van der Waals surface area contributed by atoms with Crippen LogP contribution in [0.25, 0.3) is 11.3 Å². The highest BCUT2D eigenvalue weighted by molar-refractivity contribution is 7.90. The second-order valence-electron chi connectivity index (χ2n) is 4.80. The van der Waals surface area contributed by atoms with E-state index in [1.54, 1.807) is 36.4 Å². The quantitative estimate of drug-likeness (QED) is 0.702. The minimum atomic E-state index is -3.21. The number of nitrogens with one attached hydrogen (secondary N) is 2. The van der Waals surface area contributed by atoms with Crippen LogP contribution in [0.5, 0.6) is 0 Å². The van der Waals surface area contributed by atoms with Crippen molar-refractivity contribution in [1.29, 1.82) is 0 Å². The van der Waals surface area contributed by atoms with Gasteiger partial charge in [-0.1, -0.05) is 12.1 Å². The average molecular weight is 350 g/mol. The van der Waals surface area contributed by atoms with Gasteiger partial charge in [-0.05, 0) is 35.4 Å². The van der Waals surface area contributed by atoms with Gasteiger partial charge < -0.3 is 5.32 Å². The van der Waals surface area contributed by atoms with E-state index in [1.165, 1.54) is 12.5 Å². The van der Waals surface area contributed by atoms with Gasteiger partial charge in [0.25, 0.3) is 0 Å². The Balaban J connectivity index is 1.81. The molecular weight excluding hydrogens is 338 g/mol. The third-order valence-electron chi connectivity index (χ3n) is 3.05. The van der Waals surface area contributed by atoms with Crippen LogP contribution < -0.4 is 5.32 Å². The first kappa shape index (κ1) is 15.4. The summed E-state index contributed by atoms with van der Waals surface area (Å²) in [4.78, 5) is 8.08. The van der Waals surface area contributed by atoms with E-state index in [2.05, 4.69) is 25.5 Å². The predicted octanol–water partition coefficient (Wildman–Crippen LogP) is 2.67. The molecule has 0 saturated heterocycles. The van der Waals surface area contributed by atoms with Crippen molar-refractivity contribution in [2.45, 2.75) is 4.90 Å². The molecule has 0 bridgehead atoms. The molecule has 0 aliphatic heterocycles. The lowest BCUT2D eigenvalue weighted by Gasteiger charge is -2.01. The zero-order chi connectivity index (χ0) is 16.4. The third kappa shape index (κ3) is 3.66. The van der Waals surface area contributed by atoms with Gasteiger partial charge in [-0.2, -0.15) is 5.10 Å². The van der Waals surface area contributed by atoms with Crippen molar-refractivity contribution in [1.82, 2.24) is 20.2 Å². The molecule has 0 spiro atoms. The van der Waals surface area contributed by atoms with E-state index in [9.17, 15) is 8.42 Å². The number of anilines is 2. The van der Waals surface area contributed by atoms with Crippen LogP contribution in [0.1, 0.15) is 0 Å². The summed E-state index contributed by atoms with van der Waals surface area (Å²) in [7, 11) is -3.21. The van der Waals surface area contributed by atoms with E-state index in [-0.39, 0.29) is 10.2 Å². The van der Waals surface area contributed by atoms with Crippen LogP contribution in [0.4, 0.5) is 11.6 Å². The smallest absolute Gasteiger partial charge is 0.224 e. The van der Waals surface area contributed by atoms with Crippen LogP contribution in [-0.2, 0) is 9.84 Å². The number of hydrogen-bond donors (Lipinski definition) is 2. The highest BCUT2D eigenvalue weighted by Crippen LogP contribution is 2.23. The van der Waals surface area contributed by atoms with Crippen LogP contribution in [0.2, 0.25) is 5.28 Å². The normalized spacial score (nSPS) is 11.4. The average Bonchev–Trinajstić information content (AvgIpc) is 2.95. The summed E-state index contributed by atoms with van der Waals surface area (Å²) < 4.78 is 22.9. The highest BCUT2D eigenvalue weighted by Gasteiger charge is 2.09. The number of rotatable bonds is 4. The van der Waals surface area contributed by atoms with E-state index < -0.39 is 9.84 Å². The van der Waals surface area contributed by atoms with Gasteiger partial charge in [-0.25, -0.2) is 18.4 Å². The fourth-order valence-corrected chi connectivity index (χ4v) is 2.73. The second kappa shape index (κ2) is 5.98. The summed E-state index contributed by atoms with van der Waals surface area (Å²) in [6.45, 7) is 0. The molecule has 1 aromatic carbocycles. The molecule has 3 aromatic rings. The summed E-state index contributed by atoms with van der Waals surface area (Å²) in [5.41, 5.74) is 1.56. The van der Waals surface area contributed by atoms with Crippen LogP contribution in [0, 0.1) is 0 Å². The van der Waals surface area contributed by atoms with Gasteiger partial charge >= 0.3 is 0 Å². The first-order chi connectivity index (χ1) is 10.9. The topological polar surface area (TPSA) is 101 Å². The summed E-state index contributed by atoms with van der Waals surface area (Å²) in [5.74, 6) is 1.08. The largest absolute Gasteiger partial charge is 0.323 e.